The molecular formula is C16H16F2N4O5. The van der Waals surface area contributed by atoms with Crippen LogP contribution >= 0.6 is 0 Å². The van der Waals surface area contributed by atoms with Crippen LogP contribution in [0.3, 0.4) is 0 Å². The largest absolute Gasteiger partial charge is 0.451 e. The van der Waals surface area contributed by atoms with E-state index in [1.54, 1.807) is 0 Å². The number of rotatable bonds is 6. The second-order valence-corrected chi connectivity index (χ2v) is 5.68. The van der Waals surface area contributed by atoms with Gasteiger partial charge in [-0.05, 0) is 32.9 Å². The predicted octanol–water partition coefficient (Wildman–Crippen LogP) is 2.26. The summed E-state index contributed by atoms with van der Waals surface area (Å²) in [5.74, 6) is -3.34. The van der Waals surface area contributed by atoms with Crippen LogP contribution in [0.1, 0.15) is 18.3 Å². The fourth-order valence-electron chi connectivity index (χ4n) is 2.34. The van der Waals surface area contributed by atoms with Gasteiger partial charge in [-0.2, -0.15) is 5.10 Å². The van der Waals surface area contributed by atoms with Crippen LogP contribution in [0.5, 0.6) is 0 Å². The molecular weight excluding hydrogens is 366 g/mol. The molecule has 0 aliphatic carbocycles. The Hall–Kier alpha value is -3.37. The number of ether oxygens (including phenoxy) is 1. The molecule has 2 rings (SSSR count). The van der Waals surface area contributed by atoms with E-state index in [1.165, 1.54) is 20.8 Å². The number of nitrogens with zero attached hydrogens (tertiary/aromatic N) is 3. The van der Waals surface area contributed by atoms with Gasteiger partial charge >= 0.3 is 11.7 Å². The van der Waals surface area contributed by atoms with Gasteiger partial charge in [0.25, 0.3) is 5.91 Å². The number of hydrogen-bond acceptors (Lipinski definition) is 6. The number of nitrogens with one attached hydrogen (secondary N) is 1. The molecule has 0 fully saturated rings. The van der Waals surface area contributed by atoms with Crippen LogP contribution in [0.2, 0.25) is 0 Å². The Balaban J connectivity index is 2.01. The summed E-state index contributed by atoms with van der Waals surface area (Å²) in [4.78, 5) is 34.3. The molecule has 1 aromatic heterocycles. The van der Waals surface area contributed by atoms with Crippen LogP contribution in [0, 0.1) is 35.6 Å². The molecule has 0 saturated heterocycles. The smallest absolute Gasteiger partial charge is 0.328 e. The fraction of sp³-hybridized carbons (Fsp3) is 0.312. The van der Waals surface area contributed by atoms with Gasteiger partial charge in [0.15, 0.2) is 6.10 Å². The first-order chi connectivity index (χ1) is 12.6. The van der Waals surface area contributed by atoms with Crippen molar-refractivity contribution >= 4 is 23.3 Å². The van der Waals surface area contributed by atoms with E-state index < -0.39 is 46.8 Å². The van der Waals surface area contributed by atoms with Crippen molar-refractivity contribution in [3.05, 3.63) is 51.3 Å². The Morgan fingerprint density at radius 1 is 1.37 bits per heavy atom. The lowest BCUT2D eigenvalue weighted by atomic mass is 10.2. The van der Waals surface area contributed by atoms with E-state index in [0.717, 1.165) is 22.9 Å². The Morgan fingerprint density at radius 3 is 2.63 bits per heavy atom. The van der Waals surface area contributed by atoms with E-state index in [1.807, 2.05) is 0 Å². The molecule has 11 heteroatoms. The zero-order valence-corrected chi connectivity index (χ0v) is 14.7. The molecule has 9 nitrogen and oxygen atoms in total. The minimum atomic E-state index is -1.31. The fourth-order valence-corrected chi connectivity index (χ4v) is 2.34. The number of nitro groups is 1. The molecule has 1 aromatic carbocycles. The van der Waals surface area contributed by atoms with Crippen molar-refractivity contribution in [1.82, 2.24) is 9.78 Å². The lowest BCUT2D eigenvalue weighted by molar-refractivity contribution is -0.386. The van der Waals surface area contributed by atoms with E-state index in [9.17, 15) is 28.5 Å². The number of aryl methyl sites for hydroxylation is 1. The summed E-state index contributed by atoms with van der Waals surface area (Å²) in [6.45, 7) is 3.64. The normalized spacial score (nSPS) is 11.7. The summed E-state index contributed by atoms with van der Waals surface area (Å²) in [7, 11) is 0. The molecule has 0 spiro atoms. The van der Waals surface area contributed by atoms with Gasteiger partial charge in [0.2, 0.25) is 0 Å². The highest BCUT2D eigenvalue weighted by Gasteiger charge is 2.25. The monoisotopic (exact) mass is 382 g/mol. The number of benzene rings is 1. The molecule has 144 valence electrons. The van der Waals surface area contributed by atoms with Crippen molar-refractivity contribution in [1.29, 1.82) is 0 Å². The van der Waals surface area contributed by atoms with Crippen molar-refractivity contribution in [2.24, 2.45) is 0 Å². The van der Waals surface area contributed by atoms with Crippen LogP contribution in [-0.2, 0) is 20.9 Å². The zero-order chi connectivity index (χ0) is 20.3. The van der Waals surface area contributed by atoms with Crippen LogP contribution in [0.4, 0.5) is 20.2 Å². The second-order valence-electron chi connectivity index (χ2n) is 5.68. The third kappa shape index (κ3) is 4.63. The van der Waals surface area contributed by atoms with Crippen LogP contribution < -0.4 is 5.32 Å². The highest BCUT2D eigenvalue weighted by atomic mass is 19.1. The third-order valence-corrected chi connectivity index (χ3v) is 3.67. The van der Waals surface area contributed by atoms with Gasteiger partial charge in [-0.25, -0.2) is 8.78 Å². The zero-order valence-electron chi connectivity index (χ0n) is 14.7. The lowest BCUT2D eigenvalue weighted by Crippen LogP contribution is -2.31. The Bertz CT molecular complexity index is 912. The first-order valence-electron chi connectivity index (χ1n) is 7.74. The average Bonchev–Trinajstić information content (AvgIpc) is 2.84. The highest BCUT2D eigenvalue weighted by Crippen LogP contribution is 2.21. The Kier molecular flexibility index (Phi) is 5.83. The molecule has 0 saturated carbocycles. The van der Waals surface area contributed by atoms with Crippen molar-refractivity contribution in [3.8, 4) is 0 Å². The van der Waals surface area contributed by atoms with Crippen LogP contribution in [-0.4, -0.2) is 32.7 Å². The first kappa shape index (κ1) is 19.9. The number of esters is 1. The van der Waals surface area contributed by atoms with E-state index in [-0.39, 0.29) is 17.1 Å². The number of carbonyl (C=O) groups excluding carboxylic acids is 2. The summed E-state index contributed by atoms with van der Waals surface area (Å²) in [6, 6.07) is 2.52. The number of carbonyl (C=O) groups is 2. The van der Waals surface area contributed by atoms with Gasteiger partial charge in [0, 0.05) is 6.07 Å². The van der Waals surface area contributed by atoms with Gasteiger partial charge in [-0.3, -0.25) is 24.4 Å². The van der Waals surface area contributed by atoms with Gasteiger partial charge in [0.05, 0.1) is 10.6 Å². The predicted molar refractivity (Wildman–Crippen MR) is 88.9 cm³/mol. The summed E-state index contributed by atoms with van der Waals surface area (Å²) in [5, 5.41) is 17.0. The molecule has 1 atom stereocenters. The quantitative estimate of drug-likeness (QED) is 0.465. The number of anilines is 1. The molecule has 1 amide bonds. The van der Waals surface area contributed by atoms with Crippen molar-refractivity contribution < 1.29 is 28.0 Å². The number of aromatic nitrogens is 2. The van der Waals surface area contributed by atoms with Gasteiger partial charge < -0.3 is 10.1 Å². The summed E-state index contributed by atoms with van der Waals surface area (Å²) < 4.78 is 32.7. The van der Waals surface area contributed by atoms with Gasteiger partial charge in [0.1, 0.15) is 29.6 Å². The van der Waals surface area contributed by atoms with Crippen molar-refractivity contribution in [3.63, 3.8) is 0 Å². The molecule has 0 unspecified atom stereocenters. The summed E-state index contributed by atoms with van der Waals surface area (Å²) in [6.07, 6.45) is -1.31. The number of hydrogen-bond donors (Lipinski definition) is 1. The number of halogens is 2. The topological polar surface area (TPSA) is 116 Å². The maximum Gasteiger partial charge on any atom is 0.328 e. The highest BCUT2D eigenvalue weighted by molar-refractivity contribution is 5.95. The minimum absolute atomic E-state index is 0.137. The minimum Gasteiger partial charge on any atom is -0.451 e. The van der Waals surface area contributed by atoms with Crippen LogP contribution in [0.15, 0.2) is 18.2 Å². The Labute approximate surface area is 152 Å². The van der Waals surface area contributed by atoms with E-state index in [2.05, 4.69) is 10.4 Å². The maximum absolute atomic E-state index is 13.5. The summed E-state index contributed by atoms with van der Waals surface area (Å²) in [5.41, 5.74) is -0.307. The SMILES string of the molecule is Cc1nn(CC(=O)O[C@@H](C)C(=O)Nc2cc(F)ccc2F)c(C)c1[N+](=O)[O-]. The molecule has 2 aromatic rings. The van der Waals surface area contributed by atoms with Gasteiger partial charge in [-0.1, -0.05) is 0 Å². The standard InChI is InChI=1S/C16H16F2N4O5/c1-8-15(22(25)26)9(2)21(20-8)7-14(23)27-10(3)16(24)19-13-6-11(17)4-5-12(13)18/h4-6,10H,7H2,1-3H3,(H,19,24)/t10-/m0/s1. The molecule has 0 aliphatic rings. The van der Waals surface area contributed by atoms with Crippen LogP contribution in [0.25, 0.3) is 0 Å². The summed E-state index contributed by atoms with van der Waals surface area (Å²) >= 11 is 0. The molecule has 27 heavy (non-hydrogen) atoms. The average molecular weight is 382 g/mol. The Morgan fingerprint density at radius 2 is 2.04 bits per heavy atom. The molecule has 0 radical (unpaired) electrons. The maximum atomic E-state index is 13.5. The van der Waals surface area contributed by atoms with Crippen molar-refractivity contribution in [2.45, 2.75) is 33.4 Å². The van der Waals surface area contributed by atoms with Crippen molar-refractivity contribution in [2.75, 3.05) is 5.32 Å². The third-order valence-electron chi connectivity index (χ3n) is 3.67. The second kappa shape index (κ2) is 7.89. The molecule has 0 bridgehead atoms. The van der Waals surface area contributed by atoms with E-state index in [4.69, 9.17) is 4.74 Å². The van der Waals surface area contributed by atoms with Gasteiger partial charge in [-0.15, -0.1) is 0 Å². The molecule has 0 aliphatic heterocycles. The van der Waals surface area contributed by atoms with E-state index >= 15 is 0 Å². The molecule has 1 N–H and O–H groups in total. The molecule has 1 heterocycles. The van der Waals surface area contributed by atoms with E-state index in [0.29, 0.717) is 0 Å². The first-order valence-corrected chi connectivity index (χ1v) is 7.74. The number of amides is 1. The lowest BCUT2D eigenvalue weighted by Gasteiger charge is -2.14.